The Bertz CT molecular complexity index is 670. The first kappa shape index (κ1) is 13.8. The highest BCUT2D eigenvalue weighted by molar-refractivity contribution is 14.1. The molecule has 0 amide bonds. The molecule has 0 radical (unpaired) electrons. The fraction of sp³-hybridized carbons (Fsp3) is 0.500. The molecular weight excluding hydrogens is 367 g/mol. The van der Waals surface area contributed by atoms with Crippen molar-refractivity contribution in [1.82, 2.24) is 19.5 Å². The second-order valence-electron chi connectivity index (χ2n) is 5.16. The lowest BCUT2D eigenvalue weighted by Crippen LogP contribution is -2.18. The molecule has 0 spiro atoms. The molecule has 2 heterocycles. The van der Waals surface area contributed by atoms with Crippen molar-refractivity contribution in [2.24, 2.45) is 0 Å². The monoisotopic (exact) mass is 384 g/mol. The maximum atomic E-state index is 12.2. The van der Waals surface area contributed by atoms with Crippen LogP contribution in [0.3, 0.4) is 0 Å². The van der Waals surface area contributed by atoms with Crippen molar-refractivity contribution in [1.29, 1.82) is 0 Å². The van der Waals surface area contributed by atoms with Gasteiger partial charge in [-0.05, 0) is 42.4 Å². The first-order valence-electron chi connectivity index (χ1n) is 7.01. The topological polar surface area (TPSA) is 63.6 Å². The van der Waals surface area contributed by atoms with Crippen LogP contribution < -0.4 is 5.56 Å². The van der Waals surface area contributed by atoms with Crippen LogP contribution in [-0.2, 0) is 6.54 Å². The molecule has 2 aromatic rings. The number of halogens is 1. The van der Waals surface area contributed by atoms with E-state index in [-0.39, 0.29) is 5.56 Å². The number of aromatic amines is 1. The Labute approximate surface area is 131 Å². The lowest BCUT2D eigenvalue weighted by Gasteiger charge is -2.12. The van der Waals surface area contributed by atoms with Crippen molar-refractivity contribution in [2.75, 3.05) is 0 Å². The lowest BCUT2D eigenvalue weighted by atomic mass is 10.0. The molecule has 1 N–H and O–H groups in total. The van der Waals surface area contributed by atoms with Gasteiger partial charge in [-0.3, -0.25) is 4.79 Å². The van der Waals surface area contributed by atoms with E-state index in [0.717, 1.165) is 34.3 Å². The number of hydrogen-bond acceptors (Lipinski definition) is 3. The van der Waals surface area contributed by atoms with E-state index in [4.69, 9.17) is 4.98 Å². The van der Waals surface area contributed by atoms with Gasteiger partial charge < -0.3 is 9.55 Å². The SMILES string of the molecule is CCn1cncc1-c1nc(C2CCCC2)c(I)c(=O)[nH]1. The summed E-state index contributed by atoms with van der Waals surface area (Å²) < 4.78 is 2.73. The first-order chi connectivity index (χ1) is 9.70. The van der Waals surface area contributed by atoms with Gasteiger partial charge in [0.15, 0.2) is 5.82 Å². The molecule has 106 valence electrons. The zero-order valence-corrected chi connectivity index (χ0v) is 13.6. The van der Waals surface area contributed by atoms with Gasteiger partial charge in [-0.25, -0.2) is 9.97 Å². The lowest BCUT2D eigenvalue weighted by molar-refractivity contribution is 0.684. The molecule has 1 fully saturated rings. The van der Waals surface area contributed by atoms with Crippen molar-refractivity contribution in [3.63, 3.8) is 0 Å². The number of H-pyrrole nitrogens is 1. The Balaban J connectivity index is 2.11. The molecule has 0 bridgehead atoms. The molecular formula is C14H17IN4O. The van der Waals surface area contributed by atoms with Crippen LogP contribution in [0.1, 0.15) is 44.2 Å². The fourth-order valence-electron chi connectivity index (χ4n) is 2.84. The van der Waals surface area contributed by atoms with Crippen LogP contribution in [0.15, 0.2) is 17.3 Å². The van der Waals surface area contributed by atoms with Crippen molar-refractivity contribution >= 4 is 22.6 Å². The van der Waals surface area contributed by atoms with Crippen molar-refractivity contribution < 1.29 is 0 Å². The normalized spacial score (nSPS) is 15.9. The van der Waals surface area contributed by atoms with Gasteiger partial charge in [0, 0.05) is 12.5 Å². The Hall–Kier alpha value is -1.18. The Kier molecular flexibility index (Phi) is 3.91. The summed E-state index contributed by atoms with van der Waals surface area (Å²) in [4.78, 5) is 24.0. The number of hydrogen-bond donors (Lipinski definition) is 1. The smallest absolute Gasteiger partial charge is 0.264 e. The van der Waals surface area contributed by atoms with E-state index < -0.39 is 0 Å². The number of aromatic nitrogens is 4. The van der Waals surface area contributed by atoms with Gasteiger partial charge in [-0.1, -0.05) is 12.8 Å². The van der Waals surface area contributed by atoms with Crippen molar-refractivity contribution in [2.45, 2.75) is 45.1 Å². The second-order valence-corrected chi connectivity index (χ2v) is 6.24. The van der Waals surface area contributed by atoms with Gasteiger partial charge >= 0.3 is 0 Å². The Morgan fingerprint density at radius 2 is 2.20 bits per heavy atom. The molecule has 6 heteroatoms. The second kappa shape index (κ2) is 5.67. The molecule has 20 heavy (non-hydrogen) atoms. The molecule has 0 unspecified atom stereocenters. The van der Waals surface area contributed by atoms with Crippen molar-refractivity contribution in [3.8, 4) is 11.5 Å². The number of nitrogens with one attached hydrogen (secondary N) is 1. The summed E-state index contributed by atoms with van der Waals surface area (Å²) in [5.74, 6) is 1.07. The third-order valence-electron chi connectivity index (χ3n) is 3.93. The van der Waals surface area contributed by atoms with Gasteiger partial charge in [0.05, 0.1) is 18.2 Å². The van der Waals surface area contributed by atoms with E-state index in [2.05, 4.69) is 32.6 Å². The molecule has 1 aliphatic carbocycles. The summed E-state index contributed by atoms with van der Waals surface area (Å²) in [6, 6.07) is 0. The number of imidazole rings is 1. The third kappa shape index (κ3) is 2.41. The van der Waals surface area contributed by atoms with Gasteiger partial charge in [-0.15, -0.1) is 0 Å². The van der Waals surface area contributed by atoms with Crippen LogP contribution in [0.4, 0.5) is 0 Å². The van der Waals surface area contributed by atoms with Crippen LogP contribution in [0.2, 0.25) is 0 Å². The van der Waals surface area contributed by atoms with Gasteiger partial charge in [0.2, 0.25) is 0 Å². The fourth-order valence-corrected chi connectivity index (χ4v) is 3.53. The number of nitrogens with zero attached hydrogens (tertiary/aromatic N) is 3. The molecule has 0 atom stereocenters. The average Bonchev–Trinajstić information content (AvgIpc) is 3.11. The molecule has 3 rings (SSSR count). The Morgan fingerprint density at radius 3 is 2.90 bits per heavy atom. The minimum atomic E-state index is -0.0404. The average molecular weight is 384 g/mol. The van der Waals surface area contributed by atoms with Crippen LogP contribution in [-0.4, -0.2) is 19.5 Å². The van der Waals surface area contributed by atoms with Crippen LogP contribution in [0.5, 0.6) is 0 Å². The minimum Gasteiger partial charge on any atom is -0.328 e. The van der Waals surface area contributed by atoms with E-state index in [1.54, 1.807) is 12.5 Å². The predicted octanol–water partition coefficient (Wildman–Crippen LogP) is 2.92. The highest BCUT2D eigenvalue weighted by Gasteiger charge is 2.23. The Morgan fingerprint density at radius 1 is 1.45 bits per heavy atom. The molecule has 1 saturated carbocycles. The summed E-state index contributed by atoms with van der Waals surface area (Å²) in [5.41, 5.74) is 1.80. The molecule has 0 aromatic carbocycles. The summed E-state index contributed by atoms with van der Waals surface area (Å²) >= 11 is 2.12. The van der Waals surface area contributed by atoms with Gasteiger partial charge in [0.1, 0.15) is 9.26 Å². The molecule has 2 aromatic heterocycles. The van der Waals surface area contributed by atoms with E-state index in [0.29, 0.717) is 11.7 Å². The summed E-state index contributed by atoms with van der Waals surface area (Å²) in [6.07, 6.45) is 8.27. The minimum absolute atomic E-state index is 0.0404. The quantitative estimate of drug-likeness (QED) is 0.828. The predicted molar refractivity (Wildman–Crippen MR) is 85.7 cm³/mol. The molecule has 1 aliphatic rings. The number of rotatable bonds is 3. The standard InChI is InChI=1S/C14H17IN4O/c1-2-19-8-16-7-10(19)13-17-12(9-5-3-4-6-9)11(15)14(20)18-13/h7-9H,2-6H2,1H3,(H,17,18,20). The maximum absolute atomic E-state index is 12.2. The largest absolute Gasteiger partial charge is 0.328 e. The van der Waals surface area contributed by atoms with E-state index in [1.807, 2.05) is 11.5 Å². The van der Waals surface area contributed by atoms with Crippen LogP contribution in [0.25, 0.3) is 11.5 Å². The van der Waals surface area contributed by atoms with Crippen LogP contribution in [0, 0.1) is 3.57 Å². The summed E-state index contributed by atoms with van der Waals surface area (Å²) in [5, 5.41) is 0. The zero-order chi connectivity index (χ0) is 14.1. The highest BCUT2D eigenvalue weighted by Crippen LogP contribution is 2.34. The molecule has 0 saturated heterocycles. The van der Waals surface area contributed by atoms with Crippen molar-refractivity contribution in [3.05, 3.63) is 32.1 Å². The van der Waals surface area contributed by atoms with E-state index in [9.17, 15) is 4.79 Å². The number of aryl methyl sites for hydroxylation is 1. The molecule has 5 nitrogen and oxygen atoms in total. The maximum Gasteiger partial charge on any atom is 0.264 e. The zero-order valence-electron chi connectivity index (χ0n) is 11.4. The summed E-state index contributed by atoms with van der Waals surface area (Å²) in [7, 11) is 0. The van der Waals surface area contributed by atoms with Gasteiger partial charge in [0.25, 0.3) is 5.56 Å². The molecule has 0 aliphatic heterocycles. The van der Waals surface area contributed by atoms with Crippen LogP contribution >= 0.6 is 22.6 Å². The highest BCUT2D eigenvalue weighted by atomic mass is 127. The van der Waals surface area contributed by atoms with E-state index in [1.165, 1.54) is 12.8 Å². The first-order valence-corrected chi connectivity index (χ1v) is 8.08. The van der Waals surface area contributed by atoms with Gasteiger partial charge in [-0.2, -0.15) is 0 Å². The summed E-state index contributed by atoms with van der Waals surface area (Å²) in [6.45, 7) is 2.86. The van der Waals surface area contributed by atoms with E-state index >= 15 is 0 Å². The third-order valence-corrected chi connectivity index (χ3v) is 4.97.